The van der Waals surface area contributed by atoms with Crippen molar-refractivity contribution in [3.63, 3.8) is 0 Å². The lowest BCUT2D eigenvalue weighted by Gasteiger charge is -2.37. The van der Waals surface area contributed by atoms with Crippen molar-refractivity contribution in [2.24, 2.45) is 13.0 Å². The van der Waals surface area contributed by atoms with E-state index in [9.17, 15) is 14.0 Å². The molecule has 2 aromatic rings. The number of amides is 1. The summed E-state index contributed by atoms with van der Waals surface area (Å²) in [6.45, 7) is 0. The van der Waals surface area contributed by atoms with Crippen LogP contribution < -0.4 is 4.74 Å². The number of piperidine rings is 1. The molecule has 7 heteroatoms. The van der Waals surface area contributed by atoms with Crippen molar-refractivity contribution in [1.29, 1.82) is 0 Å². The van der Waals surface area contributed by atoms with Crippen molar-refractivity contribution in [2.45, 2.75) is 18.9 Å². The minimum Gasteiger partial charge on any atom is -0.426 e. The Hall–Kier alpha value is -2.70. The predicted octanol–water partition coefficient (Wildman–Crippen LogP) is 2.07. The molecule has 1 fully saturated rings. The van der Waals surface area contributed by atoms with Gasteiger partial charge in [-0.3, -0.25) is 14.3 Å². The molecule has 1 amide bonds. The van der Waals surface area contributed by atoms with Crippen LogP contribution in [0.3, 0.4) is 0 Å². The number of nitrogens with zero attached hydrogens (tertiary/aromatic N) is 3. The number of carbonyl (C=O) groups is 2. The molecule has 6 nitrogen and oxygen atoms in total. The van der Waals surface area contributed by atoms with Crippen molar-refractivity contribution < 1.29 is 18.7 Å². The maximum Gasteiger partial charge on any atom is 0.316 e. The highest BCUT2D eigenvalue weighted by atomic mass is 19.1. The molecule has 3 rings (SSSR count). The monoisotopic (exact) mass is 331 g/mol. The minimum absolute atomic E-state index is 0.0188. The average molecular weight is 331 g/mol. The van der Waals surface area contributed by atoms with Crippen LogP contribution in [0.2, 0.25) is 0 Å². The van der Waals surface area contributed by atoms with Gasteiger partial charge in [0.25, 0.3) is 0 Å². The van der Waals surface area contributed by atoms with Gasteiger partial charge in [0.15, 0.2) is 0 Å². The summed E-state index contributed by atoms with van der Waals surface area (Å²) in [7, 11) is 3.46. The van der Waals surface area contributed by atoms with Gasteiger partial charge in [0.1, 0.15) is 11.6 Å². The third-order valence-electron chi connectivity index (χ3n) is 4.26. The SMILES string of the molecule is CN1C(=O)CC[C@@H](C(=O)Oc2ccc(F)cc2)[C@H]1c1cnn(C)c1. The number of hydrogen-bond donors (Lipinski definition) is 0. The molecule has 2 atom stereocenters. The third kappa shape index (κ3) is 3.15. The first-order valence-electron chi connectivity index (χ1n) is 7.67. The Bertz CT molecular complexity index is 757. The summed E-state index contributed by atoms with van der Waals surface area (Å²) in [5.74, 6) is -1.07. The number of benzene rings is 1. The van der Waals surface area contributed by atoms with E-state index in [4.69, 9.17) is 4.74 Å². The third-order valence-corrected chi connectivity index (χ3v) is 4.26. The van der Waals surface area contributed by atoms with Crippen LogP contribution in [0, 0.1) is 11.7 Å². The highest BCUT2D eigenvalue weighted by Crippen LogP contribution is 2.36. The first-order valence-corrected chi connectivity index (χ1v) is 7.67. The van der Waals surface area contributed by atoms with Crippen LogP contribution in [0.15, 0.2) is 36.7 Å². The molecule has 0 spiro atoms. The molecule has 126 valence electrons. The van der Waals surface area contributed by atoms with Crippen LogP contribution in [0.4, 0.5) is 4.39 Å². The number of aromatic nitrogens is 2. The molecule has 1 aliphatic heterocycles. The van der Waals surface area contributed by atoms with E-state index in [1.165, 1.54) is 24.3 Å². The van der Waals surface area contributed by atoms with E-state index in [0.717, 1.165) is 5.56 Å². The second kappa shape index (κ2) is 6.43. The molecule has 1 aromatic heterocycles. The second-order valence-electron chi connectivity index (χ2n) is 5.92. The van der Waals surface area contributed by atoms with Crippen LogP contribution in [0.25, 0.3) is 0 Å². The molecule has 0 radical (unpaired) electrons. The lowest BCUT2D eigenvalue weighted by Crippen LogP contribution is -2.44. The first-order chi connectivity index (χ1) is 11.5. The largest absolute Gasteiger partial charge is 0.426 e. The number of likely N-dealkylation sites (tertiary alicyclic amines) is 1. The zero-order valence-corrected chi connectivity index (χ0v) is 13.5. The topological polar surface area (TPSA) is 64.4 Å². The normalized spacial score (nSPS) is 21.0. The Kier molecular flexibility index (Phi) is 4.33. The summed E-state index contributed by atoms with van der Waals surface area (Å²) in [4.78, 5) is 26.2. The van der Waals surface area contributed by atoms with E-state index < -0.39 is 23.7 Å². The van der Waals surface area contributed by atoms with Crippen LogP contribution in [0.5, 0.6) is 5.75 Å². The molecule has 0 aliphatic carbocycles. The van der Waals surface area contributed by atoms with E-state index in [1.807, 2.05) is 0 Å². The molecule has 0 saturated carbocycles. The summed E-state index contributed by atoms with van der Waals surface area (Å²) in [5.41, 5.74) is 0.786. The highest BCUT2D eigenvalue weighted by Gasteiger charge is 2.40. The average Bonchev–Trinajstić information content (AvgIpc) is 2.98. The van der Waals surface area contributed by atoms with Gasteiger partial charge in [-0.25, -0.2) is 4.39 Å². The second-order valence-corrected chi connectivity index (χ2v) is 5.92. The van der Waals surface area contributed by atoms with Gasteiger partial charge in [-0.1, -0.05) is 0 Å². The molecule has 1 aromatic carbocycles. The van der Waals surface area contributed by atoms with Gasteiger partial charge in [-0.2, -0.15) is 5.10 Å². The molecular formula is C17H18FN3O3. The molecule has 2 heterocycles. The predicted molar refractivity (Wildman–Crippen MR) is 83.5 cm³/mol. The molecule has 0 bridgehead atoms. The number of carbonyl (C=O) groups excluding carboxylic acids is 2. The van der Waals surface area contributed by atoms with Crippen molar-refractivity contribution in [1.82, 2.24) is 14.7 Å². The number of halogens is 1. The number of aryl methyl sites for hydroxylation is 1. The van der Waals surface area contributed by atoms with Gasteiger partial charge >= 0.3 is 5.97 Å². The van der Waals surface area contributed by atoms with E-state index in [1.54, 1.807) is 36.1 Å². The number of ether oxygens (including phenoxy) is 1. The Balaban J connectivity index is 1.84. The van der Waals surface area contributed by atoms with E-state index in [2.05, 4.69) is 5.10 Å². The van der Waals surface area contributed by atoms with E-state index in [-0.39, 0.29) is 18.1 Å². The van der Waals surface area contributed by atoms with Crippen molar-refractivity contribution >= 4 is 11.9 Å². The zero-order chi connectivity index (χ0) is 17.3. The summed E-state index contributed by atoms with van der Waals surface area (Å²) in [6.07, 6.45) is 4.13. The summed E-state index contributed by atoms with van der Waals surface area (Å²) in [6, 6.07) is 4.86. The van der Waals surface area contributed by atoms with E-state index >= 15 is 0 Å². The fraction of sp³-hybridized carbons (Fsp3) is 0.353. The summed E-state index contributed by atoms with van der Waals surface area (Å²) in [5, 5.41) is 4.12. The molecule has 1 aliphatic rings. The number of hydrogen-bond acceptors (Lipinski definition) is 4. The van der Waals surface area contributed by atoms with Gasteiger partial charge in [0.05, 0.1) is 18.2 Å². The quantitative estimate of drug-likeness (QED) is 0.638. The smallest absolute Gasteiger partial charge is 0.316 e. The van der Waals surface area contributed by atoms with Crippen LogP contribution in [-0.2, 0) is 16.6 Å². The summed E-state index contributed by atoms with van der Waals surface area (Å²) >= 11 is 0. The van der Waals surface area contributed by atoms with Gasteiger partial charge in [-0.05, 0) is 30.7 Å². The van der Waals surface area contributed by atoms with Crippen molar-refractivity contribution in [2.75, 3.05) is 7.05 Å². The Morgan fingerprint density at radius 3 is 2.62 bits per heavy atom. The van der Waals surface area contributed by atoms with Crippen LogP contribution in [-0.4, -0.2) is 33.6 Å². The van der Waals surface area contributed by atoms with Crippen molar-refractivity contribution in [3.05, 3.63) is 48.0 Å². The summed E-state index contributed by atoms with van der Waals surface area (Å²) < 4.78 is 20.0. The minimum atomic E-state index is -0.498. The number of esters is 1. The highest BCUT2D eigenvalue weighted by molar-refractivity contribution is 5.83. The maximum absolute atomic E-state index is 13.0. The zero-order valence-electron chi connectivity index (χ0n) is 13.5. The van der Waals surface area contributed by atoms with Gasteiger partial charge in [0, 0.05) is 32.3 Å². The molecular weight excluding hydrogens is 313 g/mol. The standard InChI is InChI=1S/C17H18FN3O3/c1-20-10-11(9-19-20)16-14(7-8-15(22)21(16)2)17(23)24-13-5-3-12(18)4-6-13/h3-6,9-10,14,16H,7-8H2,1-2H3/t14-,16-/m1/s1. The van der Waals surface area contributed by atoms with Gasteiger partial charge in [-0.15, -0.1) is 0 Å². The molecule has 24 heavy (non-hydrogen) atoms. The molecule has 0 unspecified atom stereocenters. The Labute approximate surface area is 138 Å². The Morgan fingerprint density at radius 2 is 2.00 bits per heavy atom. The van der Waals surface area contributed by atoms with E-state index in [0.29, 0.717) is 6.42 Å². The van der Waals surface area contributed by atoms with Crippen molar-refractivity contribution in [3.8, 4) is 5.75 Å². The first kappa shape index (κ1) is 16.2. The fourth-order valence-electron chi connectivity index (χ4n) is 3.03. The lowest BCUT2D eigenvalue weighted by atomic mass is 9.86. The van der Waals surface area contributed by atoms with Gasteiger partial charge in [0.2, 0.25) is 5.91 Å². The fourth-order valence-corrected chi connectivity index (χ4v) is 3.03. The maximum atomic E-state index is 13.0. The lowest BCUT2D eigenvalue weighted by molar-refractivity contribution is -0.148. The van der Waals surface area contributed by atoms with Crippen LogP contribution >= 0.6 is 0 Å². The number of rotatable bonds is 3. The Morgan fingerprint density at radius 1 is 1.29 bits per heavy atom. The van der Waals surface area contributed by atoms with Crippen LogP contribution in [0.1, 0.15) is 24.4 Å². The van der Waals surface area contributed by atoms with Gasteiger partial charge < -0.3 is 9.64 Å². The molecule has 1 saturated heterocycles. The molecule has 0 N–H and O–H groups in total.